The lowest BCUT2D eigenvalue weighted by Crippen LogP contribution is -2.09. The SMILES string of the molecule is CCOC(=O)C[C@H](C)CCC[C@@H](C)CCC(C)CC. The lowest BCUT2D eigenvalue weighted by molar-refractivity contribution is -0.144. The first-order valence-corrected chi connectivity index (χ1v) is 8.15. The molecule has 0 rings (SSSR count). The minimum atomic E-state index is -0.0418. The molecule has 0 fully saturated rings. The van der Waals surface area contributed by atoms with Crippen LogP contribution in [0.15, 0.2) is 0 Å². The molecule has 0 amide bonds. The van der Waals surface area contributed by atoms with Crippen molar-refractivity contribution in [2.45, 2.75) is 79.6 Å². The van der Waals surface area contributed by atoms with Crippen LogP contribution in [0.5, 0.6) is 0 Å². The topological polar surface area (TPSA) is 26.3 Å². The zero-order chi connectivity index (χ0) is 14.7. The van der Waals surface area contributed by atoms with Crippen LogP contribution >= 0.6 is 0 Å². The van der Waals surface area contributed by atoms with Crippen molar-refractivity contribution in [3.63, 3.8) is 0 Å². The maximum absolute atomic E-state index is 11.3. The highest BCUT2D eigenvalue weighted by molar-refractivity contribution is 5.69. The number of hydrogen-bond donors (Lipinski definition) is 0. The highest BCUT2D eigenvalue weighted by Gasteiger charge is 2.11. The summed E-state index contributed by atoms with van der Waals surface area (Å²) in [6, 6.07) is 0. The van der Waals surface area contributed by atoms with Crippen LogP contribution < -0.4 is 0 Å². The van der Waals surface area contributed by atoms with Gasteiger partial charge in [0.15, 0.2) is 0 Å². The van der Waals surface area contributed by atoms with Gasteiger partial charge in [0.05, 0.1) is 6.61 Å². The van der Waals surface area contributed by atoms with Crippen LogP contribution in [0.4, 0.5) is 0 Å². The summed E-state index contributed by atoms with van der Waals surface area (Å²) in [4.78, 5) is 11.3. The fourth-order valence-electron chi connectivity index (χ4n) is 2.34. The van der Waals surface area contributed by atoms with Gasteiger partial charge in [0.25, 0.3) is 0 Å². The van der Waals surface area contributed by atoms with Gasteiger partial charge in [-0.2, -0.15) is 0 Å². The van der Waals surface area contributed by atoms with Gasteiger partial charge in [0.1, 0.15) is 0 Å². The number of carbonyl (C=O) groups is 1. The third-order valence-electron chi connectivity index (χ3n) is 4.06. The van der Waals surface area contributed by atoms with Crippen LogP contribution in [0.2, 0.25) is 0 Å². The van der Waals surface area contributed by atoms with Gasteiger partial charge in [0, 0.05) is 6.42 Å². The molecule has 0 saturated carbocycles. The molecule has 0 aromatic carbocycles. The van der Waals surface area contributed by atoms with Crippen LogP contribution in [0, 0.1) is 17.8 Å². The van der Waals surface area contributed by atoms with E-state index in [1.165, 1.54) is 32.1 Å². The van der Waals surface area contributed by atoms with Crippen LogP contribution in [-0.2, 0) is 9.53 Å². The van der Waals surface area contributed by atoms with E-state index >= 15 is 0 Å². The molecule has 2 heteroatoms. The zero-order valence-corrected chi connectivity index (χ0v) is 13.7. The van der Waals surface area contributed by atoms with Gasteiger partial charge in [-0.3, -0.25) is 4.79 Å². The van der Waals surface area contributed by atoms with Crippen LogP contribution in [-0.4, -0.2) is 12.6 Å². The van der Waals surface area contributed by atoms with Crippen molar-refractivity contribution in [1.82, 2.24) is 0 Å². The summed E-state index contributed by atoms with van der Waals surface area (Å²) in [5, 5.41) is 0. The second-order valence-electron chi connectivity index (χ2n) is 6.24. The molecule has 0 saturated heterocycles. The summed E-state index contributed by atoms with van der Waals surface area (Å²) in [7, 11) is 0. The molecule has 1 unspecified atom stereocenters. The third-order valence-corrected chi connectivity index (χ3v) is 4.06. The fraction of sp³-hybridized carbons (Fsp3) is 0.941. The number of carbonyl (C=O) groups excluding carboxylic acids is 1. The number of esters is 1. The van der Waals surface area contributed by atoms with Crippen LogP contribution in [0.25, 0.3) is 0 Å². The average molecular weight is 270 g/mol. The number of ether oxygens (including phenoxy) is 1. The van der Waals surface area contributed by atoms with E-state index in [2.05, 4.69) is 27.7 Å². The summed E-state index contributed by atoms with van der Waals surface area (Å²) < 4.78 is 4.98. The van der Waals surface area contributed by atoms with E-state index in [1.54, 1.807) is 0 Å². The number of rotatable bonds is 11. The van der Waals surface area contributed by atoms with Gasteiger partial charge in [0.2, 0.25) is 0 Å². The average Bonchev–Trinajstić information content (AvgIpc) is 2.36. The van der Waals surface area contributed by atoms with E-state index in [9.17, 15) is 4.79 Å². The molecule has 3 atom stereocenters. The maximum atomic E-state index is 11.3. The van der Waals surface area contributed by atoms with Crippen molar-refractivity contribution in [2.75, 3.05) is 6.61 Å². The predicted molar refractivity (Wildman–Crippen MR) is 82.1 cm³/mol. The van der Waals surface area contributed by atoms with E-state index in [-0.39, 0.29) is 5.97 Å². The first kappa shape index (κ1) is 18.5. The Hall–Kier alpha value is -0.530. The molecule has 0 aromatic heterocycles. The van der Waals surface area contributed by atoms with Gasteiger partial charge in [-0.1, -0.05) is 66.2 Å². The molecule has 0 spiro atoms. The van der Waals surface area contributed by atoms with Gasteiger partial charge < -0.3 is 4.74 Å². The van der Waals surface area contributed by atoms with E-state index in [0.29, 0.717) is 18.9 Å². The zero-order valence-electron chi connectivity index (χ0n) is 13.7. The Morgan fingerprint density at radius 3 is 2.05 bits per heavy atom. The van der Waals surface area contributed by atoms with Gasteiger partial charge >= 0.3 is 5.97 Å². The quantitative estimate of drug-likeness (QED) is 0.482. The molecule has 0 bridgehead atoms. The molecule has 19 heavy (non-hydrogen) atoms. The smallest absolute Gasteiger partial charge is 0.306 e. The molecule has 0 heterocycles. The molecule has 0 radical (unpaired) electrons. The van der Waals surface area contributed by atoms with E-state index < -0.39 is 0 Å². The van der Waals surface area contributed by atoms with E-state index in [4.69, 9.17) is 4.74 Å². The molecule has 0 aromatic rings. The normalized spacial score (nSPS) is 15.8. The third kappa shape index (κ3) is 11.0. The first-order valence-electron chi connectivity index (χ1n) is 8.15. The highest BCUT2D eigenvalue weighted by Crippen LogP contribution is 2.21. The maximum Gasteiger partial charge on any atom is 0.306 e. The molecule has 114 valence electrons. The Morgan fingerprint density at radius 1 is 0.895 bits per heavy atom. The number of hydrogen-bond acceptors (Lipinski definition) is 2. The fourth-order valence-corrected chi connectivity index (χ4v) is 2.34. The molecule has 0 aliphatic rings. The Kier molecular flexibility index (Phi) is 11.0. The van der Waals surface area contributed by atoms with Crippen molar-refractivity contribution < 1.29 is 9.53 Å². The summed E-state index contributed by atoms with van der Waals surface area (Å²) in [5.41, 5.74) is 0. The highest BCUT2D eigenvalue weighted by atomic mass is 16.5. The molecule has 0 N–H and O–H groups in total. The molecular formula is C17H34O2. The minimum Gasteiger partial charge on any atom is -0.466 e. The van der Waals surface area contributed by atoms with Crippen LogP contribution in [0.1, 0.15) is 79.6 Å². The van der Waals surface area contributed by atoms with Crippen molar-refractivity contribution in [3.8, 4) is 0 Å². The second kappa shape index (κ2) is 11.3. The predicted octanol–water partition coefficient (Wildman–Crippen LogP) is 5.21. The van der Waals surface area contributed by atoms with Crippen molar-refractivity contribution >= 4 is 5.97 Å². The van der Waals surface area contributed by atoms with Gasteiger partial charge in [-0.25, -0.2) is 0 Å². The second-order valence-corrected chi connectivity index (χ2v) is 6.24. The van der Waals surface area contributed by atoms with Crippen molar-refractivity contribution in [2.24, 2.45) is 17.8 Å². The van der Waals surface area contributed by atoms with Gasteiger partial charge in [-0.15, -0.1) is 0 Å². The minimum absolute atomic E-state index is 0.0418. The van der Waals surface area contributed by atoms with Crippen molar-refractivity contribution in [3.05, 3.63) is 0 Å². The van der Waals surface area contributed by atoms with E-state index in [0.717, 1.165) is 18.3 Å². The molecular weight excluding hydrogens is 236 g/mol. The largest absolute Gasteiger partial charge is 0.466 e. The monoisotopic (exact) mass is 270 g/mol. The lowest BCUT2D eigenvalue weighted by Gasteiger charge is -2.15. The molecule has 0 aliphatic carbocycles. The van der Waals surface area contributed by atoms with Crippen LogP contribution in [0.3, 0.4) is 0 Å². The summed E-state index contributed by atoms with van der Waals surface area (Å²) in [6.45, 7) is 11.5. The Morgan fingerprint density at radius 2 is 1.47 bits per heavy atom. The Balaban J connectivity index is 3.58. The van der Waals surface area contributed by atoms with Crippen molar-refractivity contribution in [1.29, 1.82) is 0 Å². The van der Waals surface area contributed by atoms with Gasteiger partial charge in [-0.05, 0) is 24.7 Å². The Bertz CT molecular complexity index is 225. The summed E-state index contributed by atoms with van der Waals surface area (Å²) >= 11 is 0. The molecule has 0 aliphatic heterocycles. The van der Waals surface area contributed by atoms with E-state index in [1.807, 2.05) is 6.92 Å². The standard InChI is InChI=1S/C17H34O2/c1-6-14(3)11-12-15(4)9-8-10-16(5)13-17(18)19-7-2/h14-16H,6-13H2,1-5H3/t14?,15-,16-/m1/s1. The summed E-state index contributed by atoms with van der Waals surface area (Å²) in [5.74, 6) is 2.11. The summed E-state index contributed by atoms with van der Waals surface area (Å²) in [6.07, 6.45) is 8.26. The first-order chi connectivity index (χ1) is 8.99. The molecule has 2 nitrogen and oxygen atoms in total. The lowest BCUT2D eigenvalue weighted by atomic mass is 9.91. The Labute approximate surface area is 120 Å².